The number of rotatable bonds is 6. The van der Waals surface area contributed by atoms with E-state index in [9.17, 15) is 0 Å². The summed E-state index contributed by atoms with van der Waals surface area (Å²) in [6.07, 6.45) is 0. The molecule has 1 heterocycles. The summed E-state index contributed by atoms with van der Waals surface area (Å²) in [5.41, 5.74) is 16.6. The molecule has 3 nitrogen and oxygen atoms in total. The summed E-state index contributed by atoms with van der Waals surface area (Å²) in [6.45, 7) is 4.67. The van der Waals surface area contributed by atoms with Gasteiger partial charge in [0.1, 0.15) is 0 Å². The summed E-state index contributed by atoms with van der Waals surface area (Å²) in [4.78, 5) is 4.65. The third-order valence-corrected chi connectivity index (χ3v) is 11.1. The van der Waals surface area contributed by atoms with Gasteiger partial charge in [0.25, 0.3) is 0 Å². The first-order chi connectivity index (χ1) is 26.5. The molecule has 0 unspecified atom stereocenters. The normalized spacial score (nSPS) is 13.3. The fourth-order valence-electron chi connectivity index (χ4n) is 8.32. The fourth-order valence-corrected chi connectivity index (χ4v) is 8.32. The van der Waals surface area contributed by atoms with Crippen LogP contribution < -0.4 is 14.5 Å². The van der Waals surface area contributed by atoms with Crippen LogP contribution in [-0.4, -0.2) is 0 Å². The van der Waals surface area contributed by atoms with Crippen LogP contribution in [-0.2, 0) is 5.41 Å². The predicted octanol–water partition coefficient (Wildman–Crippen LogP) is 14.4. The van der Waals surface area contributed by atoms with E-state index >= 15 is 0 Å². The Bertz CT molecular complexity index is 2600. The highest BCUT2D eigenvalue weighted by atomic mass is 16.5. The van der Waals surface area contributed by atoms with Crippen LogP contribution in [0.1, 0.15) is 25.0 Å². The molecule has 1 aliphatic carbocycles. The number of nitrogens with zero attached hydrogens (tertiary/aromatic N) is 2. The molecule has 8 aromatic carbocycles. The van der Waals surface area contributed by atoms with Crippen molar-refractivity contribution < 1.29 is 4.74 Å². The molecule has 258 valence electrons. The molecule has 0 bridgehead atoms. The molecule has 0 saturated carbocycles. The van der Waals surface area contributed by atoms with E-state index in [-0.39, 0.29) is 5.41 Å². The van der Waals surface area contributed by atoms with Gasteiger partial charge in [-0.15, -0.1) is 0 Å². The Kier molecular flexibility index (Phi) is 7.48. The number of ether oxygens (including phenoxy) is 1. The maximum Gasteiger partial charge on any atom is 0.151 e. The molecule has 3 heteroatoms. The first-order valence-electron chi connectivity index (χ1n) is 18.6. The van der Waals surface area contributed by atoms with Gasteiger partial charge in [0.05, 0.1) is 11.4 Å². The number of para-hydroxylation sites is 4. The molecule has 0 N–H and O–H groups in total. The fraction of sp³-hybridized carbons (Fsp3) is 0.0588. The van der Waals surface area contributed by atoms with Crippen molar-refractivity contribution in [3.05, 3.63) is 205 Å². The molecule has 0 amide bonds. The molecule has 10 rings (SSSR count). The highest BCUT2D eigenvalue weighted by Crippen LogP contribution is 2.52. The van der Waals surface area contributed by atoms with Gasteiger partial charge in [-0.25, -0.2) is 0 Å². The molecular formula is C51H38N2O. The first-order valence-corrected chi connectivity index (χ1v) is 18.6. The lowest BCUT2D eigenvalue weighted by molar-refractivity contribution is 0.477. The van der Waals surface area contributed by atoms with Crippen LogP contribution in [0, 0.1) is 0 Å². The van der Waals surface area contributed by atoms with Gasteiger partial charge in [-0.2, -0.15) is 0 Å². The van der Waals surface area contributed by atoms with Crippen molar-refractivity contribution in [3.63, 3.8) is 0 Å². The first kappa shape index (κ1) is 31.9. The summed E-state index contributed by atoms with van der Waals surface area (Å²) in [5, 5.41) is 0. The van der Waals surface area contributed by atoms with Gasteiger partial charge in [0.15, 0.2) is 11.5 Å². The van der Waals surface area contributed by atoms with Crippen molar-refractivity contribution in [2.75, 3.05) is 9.80 Å². The van der Waals surface area contributed by atoms with Crippen molar-refractivity contribution in [3.8, 4) is 44.9 Å². The topological polar surface area (TPSA) is 15.7 Å². The van der Waals surface area contributed by atoms with E-state index in [1.54, 1.807) is 0 Å². The van der Waals surface area contributed by atoms with Gasteiger partial charge in [-0.05, 0) is 117 Å². The molecule has 1 aliphatic heterocycles. The van der Waals surface area contributed by atoms with Gasteiger partial charge < -0.3 is 14.5 Å². The number of benzene rings is 8. The van der Waals surface area contributed by atoms with E-state index in [2.05, 4.69) is 194 Å². The molecule has 2 aliphatic rings. The standard InChI is InChI=1S/C51H38N2O/c1-51(2)45-15-7-6-14-43(45)44-34-42(32-33-46(44)51)52(39-26-20-36(21-27-39)35-12-4-3-5-13-35)40-28-22-37(23-29-40)38-24-30-41(31-25-38)53-47-16-8-10-18-49(47)54-50-19-11-9-17-48(50)53/h3-34H,1-2H3. The zero-order chi connectivity index (χ0) is 36.2. The molecule has 0 fully saturated rings. The zero-order valence-corrected chi connectivity index (χ0v) is 30.3. The lowest BCUT2D eigenvalue weighted by Crippen LogP contribution is -2.15. The van der Waals surface area contributed by atoms with E-state index in [0.29, 0.717) is 0 Å². The highest BCUT2D eigenvalue weighted by molar-refractivity contribution is 5.89. The number of anilines is 6. The van der Waals surface area contributed by atoms with E-state index in [1.165, 1.54) is 33.4 Å². The average Bonchev–Trinajstić information content (AvgIpc) is 3.46. The molecule has 54 heavy (non-hydrogen) atoms. The maximum atomic E-state index is 6.24. The smallest absolute Gasteiger partial charge is 0.151 e. The predicted molar refractivity (Wildman–Crippen MR) is 224 cm³/mol. The largest absolute Gasteiger partial charge is 0.453 e. The Morgan fingerprint density at radius 1 is 0.407 bits per heavy atom. The lowest BCUT2D eigenvalue weighted by atomic mass is 9.82. The van der Waals surface area contributed by atoms with E-state index < -0.39 is 0 Å². The minimum absolute atomic E-state index is 0.0433. The van der Waals surface area contributed by atoms with Crippen LogP contribution in [0.4, 0.5) is 34.1 Å². The number of hydrogen-bond acceptors (Lipinski definition) is 3. The molecule has 0 aromatic heterocycles. The minimum Gasteiger partial charge on any atom is -0.453 e. The van der Waals surface area contributed by atoms with Gasteiger partial charge in [0, 0.05) is 28.2 Å². The molecule has 0 saturated heterocycles. The van der Waals surface area contributed by atoms with Crippen LogP contribution in [0.5, 0.6) is 11.5 Å². The highest BCUT2D eigenvalue weighted by Gasteiger charge is 2.35. The minimum atomic E-state index is -0.0433. The third-order valence-electron chi connectivity index (χ3n) is 11.1. The van der Waals surface area contributed by atoms with Crippen molar-refractivity contribution in [2.45, 2.75) is 19.3 Å². The number of fused-ring (bicyclic) bond motifs is 5. The third kappa shape index (κ3) is 5.28. The Labute approximate surface area is 317 Å². The Hall–Kier alpha value is -6.84. The summed E-state index contributed by atoms with van der Waals surface area (Å²) in [5.74, 6) is 1.71. The maximum absolute atomic E-state index is 6.24. The SMILES string of the molecule is CC1(C)c2ccccc2-c2cc(N(c3ccc(-c4ccccc4)cc3)c3ccc(-c4ccc(N5c6ccccc6Oc6ccccc65)cc4)cc3)ccc21. The zero-order valence-electron chi connectivity index (χ0n) is 30.3. The second-order valence-corrected chi connectivity index (χ2v) is 14.6. The van der Waals surface area contributed by atoms with Gasteiger partial charge in [-0.3, -0.25) is 0 Å². The summed E-state index contributed by atoms with van der Waals surface area (Å²) in [7, 11) is 0. The molecular weight excluding hydrogens is 657 g/mol. The monoisotopic (exact) mass is 694 g/mol. The second kappa shape index (κ2) is 12.7. The van der Waals surface area contributed by atoms with Gasteiger partial charge in [-0.1, -0.05) is 135 Å². The second-order valence-electron chi connectivity index (χ2n) is 14.6. The van der Waals surface area contributed by atoms with Crippen LogP contribution in [0.3, 0.4) is 0 Å². The Morgan fingerprint density at radius 2 is 0.870 bits per heavy atom. The van der Waals surface area contributed by atoms with Crippen molar-refractivity contribution in [2.24, 2.45) is 0 Å². The van der Waals surface area contributed by atoms with Gasteiger partial charge >= 0.3 is 0 Å². The summed E-state index contributed by atoms with van der Waals surface area (Å²) < 4.78 is 6.24. The lowest BCUT2D eigenvalue weighted by Gasteiger charge is -2.32. The summed E-state index contributed by atoms with van der Waals surface area (Å²) in [6, 6.07) is 69.6. The average molecular weight is 695 g/mol. The Balaban J connectivity index is 1.01. The van der Waals surface area contributed by atoms with Crippen molar-refractivity contribution in [1.82, 2.24) is 0 Å². The van der Waals surface area contributed by atoms with Crippen molar-refractivity contribution in [1.29, 1.82) is 0 Å². The Morgan fingerprint density at radius 3 is 1.48 bits per heavy atom. The van der Waals surface area contributed by atoms with E-state index in [1.807, 2.05) is 24.3 Å². The van der Waals surface area contributed by atoms with Crippen LogP contribution in [0.15, 0.2) is 194 Å². The molecule has 0 atom stereocenters. The van der Waals surface area contributed by atoms with Gasteiger partial charge in [0.2, 0.25) is 0 Å². The number of hydrogen-bond donors (Lipinski definition) is 0. The van der Waals surface area contributed by atoms with Crippen LogP contribution >= 0.6 is 0 Å². The quantitative estimate of drug-likeness (QED) is 0.172. The summed E-state index contributed by atoms with van der Waals surface area (Å²) >= 11 is 0. The van der Waals surface area contributed by atoms with Crippen LogP contribution in [0.2, 0.25) is 0 Å². The van der Waals surface area contributed by atoms with Crippen molar-refractivity contribution >= 4 is 34.1 Å². The molecule has 0 spiro atoms. The van der Waals surface area contributed by atoms with Crippen LogP contribution in [0.25, 0.3) is 33.4 Å². The van der Waals surface area contributed by atoms with E-state index in [4.69, 9.17) is 4.74 Å². The van der Waals surface area contributed by atoms with E-state index in [0.717, 1.165) is 56.8 Å². The molecule has 8 aromatic rings. The molecule has 0 radical (unpaired) electrons.